The second-order valence-electron chi connectivity index (χ2n) is 3.84. The van der Waals surface area contributed by atoms with Crippen molar-refractivity contribution >= 4 is 27.5 Å². The van der Waals surface area contributed by atoms with Gasteiger partial charge in [0.25, 0.3) is 0 Å². The quantitative estimate of drug-likeness (QED) is 0.781. The van der Waals surface area contributed by atoms with Gasteiger partial charge in [-0.2, -0.15) is 0 Å². The third-order valence-electron chi connectivity index (χ3n) is 2.61. The molecular formula is C12H13BrClN3O2. The van der Waals surface area contributed by atoms with Crippen molar-refractivity contribution in [2.75, 3.05) is 14.2 Å². The molecule has 0 unspecified atom stereocenters. The summed E-state index contributed by atoms with van der Waals surface area (Å²) in [5.74, 6) is 1.85. The summed E-state index contributed by atoms with van der Waals surface area (Å²) in [6.07, 6.45) is 1.81. The van der Waals surface area contributed by atoms with Gasteiger partial charge in [-0.15, -0.1) is 16.7 Å². The largest absolute Gasteiger partial charge is 0.496 e. The van der Waals surface area contributed by atoms with Crippen LogP contribution in [0.15, 0.2) is 22.8 Å². The fraction of sp³-hybridized carbons (Fsp3) is 0.333. The van der Waals surface area contributed by atoms with Crippen LogP contribution in [-0.2, 0) is 12.4 Å². The van der Waals surface area contributed by atoms with E-state index in [2.05, 4.69) is 26.2 Å². The van der Waals surface area contributed by atoms with E-state index in [4.69, 9.17) is 21.1 Å². The van der Waals surface area contributed by atoms with Crippen LogP contribution in [0.1, 0.15) is 11.3 Å². The van der Waals surface area contributed by atoms with Crippen molar-refractivity contribution < 1.29 is 9.47 Å². The topological polar surface area (TPSA) is 49.2 Å². The van der Waals surface area contributed by atoms with Gasteiger partial charge in [0.1, 0.15) is 11.5 Å². The van der Waals surface area contributed by atoms with Gasteiger partial charge >= 0.3 is 0 Å². The molecule has 0 atom stereocenters. The van der Waals surface area contributed by atoms with Crippen LogP contribution in [0.5, 0.6) is 11.5 Å². The molecule has 102 valence electrons. The molecule has 2 rings (SSSR count). The highest BCUT2D eigenvalue weighted by molar-refractivity contribution is 9.10. The summed E-state index contributed by atoms with van der Waals surface area (Å²) in [7, 11) is 3.25. The molecule has 0 bridgehead atoms. The Morgan fingerprint density at radius 2 is 2.00 bits per heavy atom. The molecule has 0 saturated heterocycles. The van der Waals surface area contributed by atoms with Crippen LogP contribution in [0.4, 0.5) is 0 Å². The minimum absolute atomic E-state index is 0.348. The molecule has 0 radical (unpaired) electrons. The average molecular weight is 347 g/mol. The predicted molar refractivity (Wildman–Crippen MR) is 75.9 cm³/mol. The summed E-state index contributed by atoms with van der Waals surface area (Å²) < 4.78 is 13.2. The number of nitrogens with zero attached hydrogens (tertiary/aromatic N) is 3. The van der Waals surface area contributed by atoms with E-state index in [1.54, 1.807) is 25.1 Å². The molecule has 0 saturated carbocycles. The summed E-state index contributed by atoms with van der Waals surface area (Å²) in [6, 6.07) is 3.78. The van der Waals surface area contributed by atoms with Crippen molar-refractivity contribution in [2.45, 2.75) is 12.4 Å². The van der Waals surface area contributed by atoms with Crippen LogP contribution in [-0.4, -0.2) is 29.2 Å². The number of hydrogen-bond donors (Lipinski definition) is 0. The van der Waals surface area contributed by atoms with E-state index in [-0.39, 0.29) is 0 Å². The highest BCUT2D eigenvalue weighted by Gasteiger charge is 2.11. The number of halogens is 2. The number of hydrogen-bond acceptors (Lipinski definition) is 4. The first-order valence-corrected chi connectivity index (χ1v) is 6.86. The van der Waals surface area contributed by atoms with Crippen LogP contribution in [0.25, 0.3) is 0 Å². The standard InChI is InChI=1S/C12H13BrClN3O2/c1-18-11-4-10(13)12(19-2)3-8(11)6-17-7-9(5-14)15-16-17/h3-4,7H,5-6H2,1-2H3. The average Bonchev–Trinajstić information content (AvgIpc) is 2.88. The number of alkyl halides is 1. The third kappa shape index (κ3) is 3.19. The minimum Gasteiger partial charge on any atom is -0.496 e. The summed E-state index contributed by atoms with van der Waals surface area (Å²) in [6.45, 7) is 0.538. The van der Waals surface area contributed by atoms with Crippen LogP contribution >= 0.6 is 27.5 Å². The lowest BCUT2D eigenvalue weighted by Crippen LogP contribution is -2.03. The molecule has 2 aromatic rings. The molecule has 0 aliphatic rings. The number of benzene rings is 1. The number of aromatic nitrogens is 3. The molecule has 0 fully saturated rings. The van der Waals surface area contributed by atoms with E-state index >= 15 is 0 Å². The Kier molecular flexibility index (Phi) is 4.66. The highest BCUT2D eigenvalue weighted by Crippen LogP contribution is 2.33. The van der Waals surface area contributed by atoms with Crippen molar-refractivity contribution in [3.8, 4) is 11.5 Å². The zero-order valence-electron chi connectivity index (χ0n) is 10.6. The maximum Gasteiger partial charge on any atom is 0.133 e. The van der Waals surface area contributed by atoms with Crippen molar-refractivity contribution in [1.82, 2.24) is 15.0 Å². The Bertz CT molecular complexity index is 574. The fourth-order valence-corrected chi connectivity index (χ4v) is 2.31. The second-order valence-corrected chi connectivity index (χ2v) is 4.96. The van der Waals surface area contributed by atoms with Gasteiger partial charge < -0.3 is 9.47 Å². The first kappa shape index (κ1) is 14.1. The van der Waals surface area contributed by atoms with E-state index in [9.17, 15) is 0 Å². The van der Waals surface area contributed by atoms with E-state index in [1.165, 1.54) is 0 Å². The molecule has 5 nitrogen and oxygen atoms in total. The summed E-state index contributed by atoms with van der Waals surface area (Å²) in [5.41, 5.74) is 1.69. The van der Waals surface area contributed by atoms with Gasteiger partial charge in [0.05, 0.1) is 43.0 Å². The third-order valence-corrected chi connectivity index (χ3v) is 3.50. The molecule has 19 heavy (non-hydrogen) atoms. The fourth-order valence-electron chi connectivity index (χ4n) is 1.70. The smallest absolute Gasteiger partial charge is 0.133 e. The van der Waals surface area contributed by atoms with Gasteiger partial charge in [-0.3, -0.25) is 0 Å². The first-order valence-electron chi connectivity index (χ1n) is 5.53. The molecule has 1 aromatic heterocycles. The van der Waals surface area contributed by atoms with E-state index in [0.29, 0.717) is 12.4 Å². The maximum absolute atomic E-state index is 5.70. The summed E-state index contributed by atoms with van der Waals surface area (Å²) in [5, 5.41) is 7.96. The molecule has 0 amide bonds. The summed E-state index contributed by atoms with van der Waals surface area (Å²) >= 11 is 9.13. The van der Waals surface area contributed by atoms with E-state index in [0.717, 1.165) is 27.2 Å². The molecule has 1 heterocycles. The van der Waals surface area contributed by atoms with Crippen LogP contribution < -0.4 is 9.47 Å². The van der Waals surface area contributed by atoms with E-state index < -0.39 is 0 Å². The van der Waals surface area contributed by atoms with Gasteiger partial charge in [-0.05, 0) is 28.1 Å². The predicted octanol–water partition coefficient (Wildman–Crippen LogP) is 2.84. The number of rotatable bonds is 5. The van der Waals surface area contributed by atoms with Crippen molar-refractivity contribution in [3.05, 3.63) is 34.1 Å². The SMILES string of the molecule is COc1cc(Cn2cc(CCl)nn2)c(OC)cc1Br. The van der Waals surface area contributed by atoms with Crippen LogP contribution in [0.3, 0.4) is 0 Å². The number of methoxy groups -OCH3 is 2. The molecule has 0 spiro atoms. The minimum atomic E-state index is 0.348. The molecule has 0 N–H and O–H groups in total. The Labute approximate surface area is 124 Å². The highest BCUT2D eigenvalue weighted by atomic mass is 79.9. The second kappa shape index (κ2) is 6.25. The lowest BCUT2D eigenvalue weighted by molar-refractivity contribution is 0.394. The zero-order chi connectivity index (χ0) is 13.8. The monoisotopic (exact) mass is 345 g/mol. The Morgan fingerprint density at radius 3 is 2.58 bits per heavy atom. The van der Waals surface area contributed by atoms with Gasteiger partial charge in [-0.1, -0.05) is 5.21 Å². The van der Waals surface area contributed by atoms with Crippen LogP contribution in [0.2, 0.25) is 0 Å². The maximum atomic E-state index is 5.70. The van der Waals surface area contributed by atoms with Gasteiger partial charge in [-0.25, -0.2) is 4.68 Å². The van der Waals surface area contributed by atoms with Crippen molar-refractivity contribution in [3.63, 3.8) is 0 Å². The van der Waals surface area contributed by atoms with Gasteiger partial charge in [0.2, 0.25) is 0 Å². The lowest BCUT2D eigenvalue weighted by atomic mass is 10.2. The van der Waals surface area contributed by atoms with Crippen molar-refractivity contribution in [2.24, 2.45) is 0 Å². The molecule has 1 aromatic carbocycles. The number of ether oxygens (including phenoxy) is 2. The lowest BCUT2D eigenvalue weighted by Gasteiger charge is -2.12. The normalized spacial score (nSPS) is 10.5. The Balaban J connectivity index is 2.32. The molecule has 0 aliphatic carbocycles. The molecule has 0 aliphatic heterocycles. The Hall–Kier alpha value is -1.27. The Morgan fingerprint density at radius 1 is 1.26 bits per heavy atom. The molecular weight excluding hydrogens is 334 g/mol. The van der Waals surface area contributed by atoms with Gasteiger partial charge in [0, 0.05) is 5.56 Å². The zero-order valence-corrected chi connectivity index (χ0v) is 12.9. The van der Waals surface area contributed by atoms with Crippen LogP contribution in [0, 0.1) is 0 Å². The van der Waals surface area contributed by atoms with Gasteiger partial charge in [0.15, 0.2) is 0 Å². The molecule has 7 heteroatoms. The first-order chi connectivity index (χ1) is 9.17. The summed E-state index contributed by atoms with van der Waals surface area (Å²) in [4.78, 5) is 0. The van der Waals surface area contributed by atoms with Crippen molar-refractivity contribution in [1.29, 1.82) is 0 Å². The van der Waals surface area contributed by atoms with E-state index in [1.807, 2.05) is 12.1 Å².